The average Bonchev–Trinajstić information content (AvgIpc) is 3.33. The molecule has 1 aliphatic rings. The van der Waals surface area contributed by atoms with Crippen LogP contribution < -0.4 is 4.74 Å². The molecule has 286 valence electrons. The Bertz CT molecular complexity index is 3340. The van der Waals surface area contributed by atoms with Crippen LogP contribution in [0, 0.1) is 0 Å². The van der Waals surface area contributed by atoms with Gasteiger partial charge in [-0.1, -0.05) is 195 Å². The van der Waals surface area contributed by atoms with E-state index in [2.05, 4.69) is 219 Å². The molecule has 0 bridgehead atoms. The summed E-state index contributed by atoms with van der Waals surface area (Å²) in [5.74, 6) is 1.60. The lowest BCUT2D eigenvalue weighted by Crippen LogP contribution is -2.04. The Labute approximate surface area is 356 Å². The van der Waals surface area contributed by atoms with Crippen molar-refractivity contribution in [3.05, 3.63) is 242 Å². The fourth-order valence-electron chi connectivity index (χ4n) is 8.82. The fourth-order valence-corrected chi connectivity index (χ4v) is 8.82. The van der Waals surface area contributed by atoms with Crippen LogP contribution in [0.2, 0.25) is 0 Å². The third kappa shape index (κ3) is 6.71. The van der Waals surface area contributed by atoms with Crippen LogP contribution in [0.5, 0.6) is 5.75 Å². The molecular formula is C59H39NO. The van der Waals surface area contributed by atoms with E-state index in [9.17, 15) is 0 Å². The Balaban J connectivity index is 0.982. The Morgan fingerprint density at radius 2 is 0.967 bits per heavy atom. The number of pyridine rings is 1. The number of aromatic nitrogens is 1. The summed E-state index contributed by atoms with van der Waals surface area (Å²) < 4.78 is 6.63. The minimum absolute atomic E-state index is 0.799. The van der Waals surface area contributed by atoms with Gasteiger partial charge in [0.05, 0.1) is 11.4 Å². The van der Waals surface area contributed by atoms with Crippen LogP contribution in [-0.2, 0) is 0 Å². The van der Waals surface area contributed by atoms with Gasteiger partial charge in [-0.2, -0.15) is 0 Å². The van der Waals surface area contributed by atoms with E-state index >= 15 is 0 Å². The monoisotopic (exact) mass is 777 g/mol. The highest BCUT2D eigenvalue weighted by atomic mass is 16.5. The molecule has 1 aromatic heterocycles. The summed E-state index contributed by atoms with van der Waals surface area (Å²) in [5.41, 5.74) is 16.2. The van der Waals surface area contributed by atoms with Crippen molar-refractivity contribution in [3.63, 3.8) is 0 Å². The van der Waals surface area contributed by atoms with Crippen molar-refractivity contribution in [1.29, 1.82) is 0 Å². The molecule has 0 saturated carbocycles. The molecule has 2 heteroatoms. The second kappa shape index (κ2) is 15.3. The van der Waals surface area contributed by atoms with Crippen LogP contribution in [0.25, 0.3) is 99.9 Å². The van der Waals surface area contributed by atoms with E-state index in [1.54, 1.807) is 0 Å². The highest BCUT2D eigenvalue weighted by Crippen LogP contribution is 2.44. The van der Waals surface area contributed by atoms with Crippen LogP contribution >= 0.6 is 0 Å². The van der Waals surface area contributed by atoms with Gasteiger partial charge in [0, 0.05) is 27.6 Å². The molecule has 0 atom stereocenters. The summed E-state index contributed by atoms with van der Waals surface area (Å²) >= 11 is 0. The summed E-state index contributed by atoms with van der Waals surface area (Å²) in [6.45, 7) is 4.51. The summed E-state index contributed by atoms with van der Waals surface area (Å²) in [6, 6.07) is 77.4. The van der Waals surface area contributed by atoms with E-state index in [-0.39, 0.29) is 0 Å². The van der Waals surface area contributed by atoms with Gasteiger partial charge >= 0.3 is 0 Å². The number of hydrogen-bond donors (Lipinski definition) is 0. The number of nitrogens with zero attached hydrogens (tertiary/aromatic N) is 1. The first-order valence-electron chi connectivity index (χ1n) is 20.7. The van der Waals surface area contributed by atoms with Crippen molar-refractivity contribution in [2.24, 2.45) is 0 Å². The van der Waals surface area contributed by atoms with Crippen molar-refractivity contribution in [2.45, 2.75) is 0 Å². The first kappa shape index (κ1) is 36.0. The lowest BCUT2D eigenvalue weighted by atomic mass is 9.87. The third-order valence-electron chi connectivity index (χ3n) is 11.8. The molecular weight excluding hydrogens is 739 g/mol. The maximum absolute atomic E-state index is 6.63. The van der Waals surface area contributed by atoms with Crippen molar-refractivity contribution >= 4 is 32.9 Å². The standard InChI is InChI=1S/C59H39NO/c1-39-34-57(53-29-13-12-26-49(53)40-16-4-2-5-17-40)61-56-33-31-44(37-54(39)56)43-22-14-23-45(35-43)51-32-30-41-18-8-10-27-50(41)58(51)47-24-15-25-48(36-47)59-52-28-11-9-21-46(52)38-55(60-59)42-19-6-3-7-20-42/h2-38H,1H2. The van der Waals surface area contributed by atoms with Crippen molar-refractivity contribution in [3.8, 4) is 72.8 Å². The number of fused-ring (bicyclic) bond motifs is 3. The lowest BCUT2D eigenvalue weighted by Gasteiger charge is -2.22. The molecule has 9 aromatic carbocycles. The molecule has 0 aliphatic carbocycles. The number of benzene rings is 9. The molecule has 0 N–H and O–H groups in total. The molecule has 0 spiro atoms. The third-order valence-corrected chi connectivity index (χ3v) is 11.8. The Morgan fingerprint density at radius 3 is 1.79 bits per heavy atom. The Kier molecular flexibility index (Phi) is 9.02. The normalized spacial score (nSPS) is 12.2. The second-order valence-corrected chi connectivity index (χ2v) is 15.6. The minimum Gasteiger partial charge on any atom is -0.456 e. The van der Waals surface area contributed by atoms with Crippen LogP contribution in [0.4, 0.5) is 0 Å². The van der Waals surface area contributed by atoms with Gasteiger partial charge in [-0.25, -0.2) is 4.98 Å². The van der Waals surface area contributed by atoms with Gasteiger partial charge in [0.2, 0.25) is 0 Å². The highest BCUT2D eigenvalue weighted by molar-refractivity contribution is 6.06. The molecule has 0 amide bonds. The zero-order valence-electron chi connectivity index (χ0n) is 33.4. The van der Waals surface area contributed by atoms with E-state index < -0.39 is 0 Å². The van der Waals surface area contributed by atoms with E-state index in [0.29, 0.717) is 0 Å². The molecule has 1 aliphatic heterocycles. The molecule has 0 saturated heterocycles. The summed E-state index contributed by atoms with van der Waals surface area (Å²) in [6.07, 6.45) is 2.07. The molecule has 0 unspecified atom stereocenters. The van der Waals surface area contributed by atoms with Crippen molar-refractivity contribution < 1.29 is 4.74 Å². The minimum atomic E-state index is 0.799. The zero-order valence-corrected chi connectivity index (χ0v) is 33.4. The lowest BCUT2D eigenvalue weighted by molar-refractivity contribution is 0.510. The topological polar surface area (TPSA) is 22.1 Å². The number of allylic oxidation sites excluding steroid dienone is 2. The predicted octanol–water partition coefficient (Wildman–Crippen LogP) is 15.8. The highest BCUT2D eigenvalue weighted by Gasteiger charge is 2.21. The van der Waals surface area contributed by atoms with Crippen LogP contribution in [0.3, 0.4) is 0 Å². The van der Waals surface area contributed by atoms with Gasteiger partial charge in [-0.15, -0.1) is 0 Å². The molecule has 11 rings (SSSR count). The molecule has 61 heavy (non-hydrogen) atoms. The van der Waals surface area contributed by atoms with Gasteiger partial charge in [0.15, 0.2) is 0 Å². The van der Waals surface area contributed by atoms with Crippen molar-refractivity contribution in [2.75, 3.05) is 0 Å². The van der Waals surface area contributed by atoms with E-state index in [4.69, 9.17) is 9.72 Å². The summed E-state index contributed by atoms with van der Waals surface area (Å²) in [7, 11) is 0. The SMILES string of the molecule is C=C1C=C(c2ccccc2-c2ccccc2)Oc2ccc(-c3cccc(-c4ccc5ccccc5c4-c4cccc(-c5nc(-c6ccccc6)cc6ccccc56)c4)c3)cc21. The molecule has 0 radical (unpaired) electrons. The van der Waals surface area contributed by atoms with E-state index in [1.165, 1.54) is 27.3 Å². The smallest absolute Gasteiger partial charge is 0.135 e. The molecule has 2 nitrogen and oxygen atoms in total. The van der Waals surface area contributed by atoms with Gasteiger partial charge in [-0.05, 0) is 103 Å². The van der Waals surface area contributed by atoms with Gasteiger partial charge in [0.1, 0.15) is 11.5 Å². The predicted molar refractivity (Wildman–Crippen MR) is 256 cm³/mol. The van der Waals surface area contributed by atoms with Crippen LogP contribution in [0.1, 0.15) is 11.1 Å². The largest absolute Gasteiger partial charge is 0.456 e. The van der Waals surface area contributed by atoms with Gasteiger partial charge in [-0.3, -0.25) is 0 Å². The van der Waals surface area contributed by atoms with Gasteiger partial charge in [0.25, 0.3) is 0 Å². The molecule has 0 fully saturated rings. The van der Waals surface area contributed by atoms with Crippen LogP contribution in [0.15, 0.2) is 231 Å². The van der Waals surface area contributed by atoms with Crippen LogP contribution in [-0.4, -0.2) is 4.98 Å². The fraction of sp³-hybridized carbons (Fsp3) is 0. The molecule has 10 aromatic rings. The van der Waals surface area contributed by atoms with E-state index in [0.717, 1.165) is 89.5 Å². The zero-order chi connectivity index (χ0) is 40.7. The Hall–Kier alpha value is -8.07. The number of ether oxygens (including phenoxy) is 1. The first-order chi connectivity index (χ1) is 30.1. The summed E-state index contributed by atoms with van der Waals surface area (Å²) in [5, 5.41) is 4.70. The summed E-state index contributed by atoms with van der Waals surface area (Å²) in [4.78, 5) is 5.32. The van der Waals surface area contributed by atoms with Gasteiger partial charge < -0.3 is 4.74 Å². The molecule has 2 heterocycles. The first-order valence-corrected chi connectivity index (χ1v) is 20.7. The van der Waals surface area contributed by atoms with E-state index in [1.807, 2.05) is 12.1 Å². The Morgan fingerprint density at radius 1 is 0.361 bits per heavy atom. The number of hydrogen-bond acceptors (Lipinski definition) is 2. The average molecular weight is 778 g/mol. The quantitative estimate of drug-likeness (QED) is 0.161. The second-order valence-electron chi connectivity index (χ2n) is 15.6. The van der Waals surface area contributed by atoms with Crippen molar-refractivity contribution in [1.82, 2.24) is 4.98 Å². The maximum Gasteiger partial charge on any atom is 0.135 e. The maximum atomic E-state index is 6.63. The number of rotatable bonds is 7.